The van der Waals surface area contributed by atoms with Crippen molar-refractivity contribution in [2.75, 3.05) is 13.1 Å². The van der Waals surface area contributed by atoms with Crippen LogP contribution >= 0.6 is 36.2 Å². The maximum absolute atomic E-state index is 13.7. The van der Waals surface area contributed by atoms with Crippen molar-refractivity contribution in [3.8, 4) is 10.6 Å². The minimum Gasteiger partial charge on any atom is -0.347 e. The molecular weight excluding hydrogens is 348 g/mol. The molecule has 22 heavy (non-hydrogen) atoms. The van der Waals surface area contributed by atoms with Gasteiger partial charge in [-0.15, -0.1) is 36.2 Å². The number of halogens is 3. The minimum absolute atomic E-state index is 0. The lowest BCUT2D eigenvalue weighted by Crippen LogP contribution is -2.36. The van der Waals surface area contributed by atoms with Gasteiger partial charge in [-0.05, 0) is 25.1 Å². The Morgan fingerprint density at radius 1 is 1.36 bits per heavy atom. The Morgan fingerprint density at radius 2 is 2.14 bits per heavy atom. The summed E-state index contributed by atoms with van der Waals surface area (Å²) < 4.78 is 13.7. The number of amides is 1. The molecule has 0 aliphatic carbocycles. The first kappa shape index (κ1) is 18.8. The molecule has 4 nitrogen and oxygen atoms in total. The molecule has 120 valence electrons. The standard InChI is InChI=1S/C14H14FN3OS.2ClH/c15-11-4-2-1-3-10(11)14-18-12(8-20-14)13(19)17-9-5-6-16-7-9;;/h1-4,8-9,16H,5-7H2,(H,17,19);2*1H. The quantitative estimate of drug-likeness (QED) is 0.881. The number of nitrogens with zero attached hydrogens (tertiary/aromatic N) is 1. The SMILES string of the molecule is Cl.Cl.O=C(NC1CCNC1)c1csc(-c2ccccc2F)n1. The fourth-order valence-corrected chi connectivity index (χ4v) is 3.00. The Morgan fingerprint density at radius 3 is 2.82 bits per heavy atom. The van der Waals surface area contributed by atoms with Gasteiger partial charge in [0.15, 0.2) is 0 Å². The van der Waals surface area contributed by atoms with Crippen molar-refractivity contribution in [1.29, 1.82) is 0 Å². The summed E-state index contributed by atoms with van der Waals surface area (Å²) >= 11 is 1.28. The monoisotopic (exact) mass is 363 g/mol. The smallest absolute Gasteiger partial charge is 0.271 e. The van der Waals surface area contributed by atoms with Crippen LogP contribution in [0.4, 0.5) is 4.39 Å². The van der Waals surface area contributed by atoms with Crippen LogP contribution < -0.4 is 10.6 Å². The van der Waals surface area contributed by atoms with Gasteiger partial charge in [-0.25, -0.2) is 9.37 Å². The van der Waals surface area contributed by atoms with E-state index in [1.54, 1.807) is 23.6 Å². The molecule has 1 aliphatic heterocycles. The van der Waals surface area contributed by atoms with E-state index in [9.17, 15) is 9.18 Å². The van der Waals surface area contributed by atoms with Crippen LogP contribution in [0, 0.1) is 5.82 Å². The van der Waals surface area contributed by atoms with Crippen LogP contribution in [0.15, 0.2) is 29.6 Å². The molecule has 0 spiro atoms. The normalized spacial score (nSPS) is 16.5. The molecule has 0 bridgehead atoms. The number of carbonyl (C=O) groups excluding carboxylic acids is 1. The molecule has 1 fully saturated rings. The lowest BCUT2D eigenvalue weighted by molar-refractivity contribution is 0.0936. The van der Waals surface area contributed by atoms with E-state index >= 15 is 0 Å². The van der Waals surface area contributed by atoms with Crippen molar-refractivity contribution < 1.29 is 9.18 Å². The molecule has 2 aromatic rings. The number of aromatic nitrogens is 1. The van der Waals surface area contributed by atoms with Gasteiger partial charge in [0.2, 0.25) is 0 Å². The molecule has 1 saturated heterocycles. The molecule has 8 heteroatoms. The van der Waals surface area contributed by atoms with Crippen molar-refractivity contribution in [1.82, 2.24) is 15.6 Å². The van der Waals surface area contributed by atoms with Crippen LogP contribution in [-0.2, 0) is 0 Å². The summed E-state index contributed by atoms with van der Waals surface area (Å²) in [5.74, 6) is -0.522. The maximum Gasteiger partial charge on any atom is 0.271 e. The number of hydrogen-bond acceptors (Lipinski definition) is 4. The van der Waals surface area contributed by atoms with Crippen molar-refractivity contribution in [3.05, 3.63) is 41.2 Å². The molecule has 0 radical (unpaired) electrons. The van der Waals surface area contributed by atoms with E-state index in [1.807, 2.05) is 0 Å². The highest BCUT2D eigenvalue weighted by Gasteiger charge is 2.19. The lowest BCUT2D eigenvalue weighted by Gasteiger charge is -2.09. The van der Waals surface area contributed by atoms with E-state index in [1.165, 1.54) is 17.4 Å². The summed E-state index contributed by atoms with van der Waals surface area (Å²) in [6, 6.07) is 6.59. The van der Waals surface area contributed by atoms with E-state index in [0.29, 0.717) is 16.3 Å². The molecule has 0 saturated carbocycles. The molecule has 3 rings (SSSR count). The topological polar surface area (TPSA) is 54.0 Å². The summed E-state index contributed by atoms with van der Waals surface area (Å²) in [7, 11) is 0. The Kier molecular flexibility index (Phi) is 7.22. The summed E-state index contributed by atoms with van der Waals surface area (Å²) in [6.45, 7) is 1.71. The lowest BCUT2D eigenvalue weighted by atomic mass is 10.2. The molecule has 1 amide bonds. The van der Waals surface area contributed by atoms with Crippen LogP contribution in [0.5, 0.6) is 0 Å². The van der Waals surface area contributed by atoms with Gasteiger partial charge in [0, 0.05) is 23.5 Å². The maximum atomic E-state index is 13.7. The minimum atomic E-state index is -0.325. The second-order valence-electron chi connectivity index (χ2n) is 4.68. The second-order valence-corrected chi connectivity index (χ2v) is 5.54. The van der Waals surface area contributed by atoms with Gasteiger partial charge < -0.3 is 10.6 Å². The van der Waals surface area contributed by atoms with Crippen molar-refractivity contribution in [3.63, 3.8) is 0 Å². The molecule has 2 N–H and O–H groups in total. The van der Waals surface area contributed by atoms with Gasteiger partial charge >= 0.3 is 0 Å². The molecule has 1 aromatic carbocycles. The first-order valence-electron chi connectivity index (χ1n) is 6.46. The van der Waals surface area contributed by atoms with Gasteiger partial charge in [-0.3, -0.25) is 4.79 Å². The molecule has 1 aromatic heterocycles. The zero-order chi connectivity index (χ0) is 13.9. The highest BCUT2D eigenvalue weighted by Crippen LogP contribution is 2.26. The second kappa shape index (κ2) is 8.43. The predicted octanol–water partition coefficient (Wildman–Crippen LogP) is 2.88. The average Bonchev–Trinajstić information content (AvgIpc) is 3.10. The zero-order valence-electron chi connectivity index (χ0n) is 11.5. The number of thiazole rings is 1. The summed E-state index contributed by atoms with van der Waals surface area (Å²) in [4.78, 5) is 16.3. The van der Waals surface area contributed by atoms with Crippen molar-refractivity contribution >= 4 is 42.1 Å². The first-order valence-corrected chi connectivity index (χ1v) is 7.34. The third kappa shape index (κ3) is 4.16. The molecule has 1 atom stereocenters. The number of benzene rings is 1. The average molecular weight is 364 g/mol. The van der Waals surface area contributed by atoms with E-state index in [4.69, 9.17) is 0 Å². The number of rotatable bonds is 3. The van der Waals surface area contributed by atoms with Crippen molar-refractivity contribution in [2.45, 2.75) is 12.5 Å². The Hall–Kier alpha value is -1.21. The van der Waals surface area contributed by atoms with E-state index in [0.717, 1.165) is 19.5 Å². The molecular formula is C14H16Cl2FN3OS. The van der Waals surface area contributed by atoms with Gasteiger partial charge in [-0.1, -0.05) is 12.1 Å². The number of nitrogens with one attached hydrogen (secondary N) is 2. The largest absolute Gasteiger partial charge is 0.347 e. The van der Waals surface area contributed by atoms with Crippen LogP contribution in [0.2, 0.25) is 0 Å². The highest BCUT2D eigenvalue weighted by molar-refractivity contribution is 7.13. The zero-order valence-corrected chi connectivity index (χ0v) is 14.0. The number of carbonyl (C=O) groups is 1. The van der Waals surface area contributed by atoms with Gasteiger partial charge in [-0.2, -0.15) is 0 Å². The van der Waals surface area contributed by atoms with E-state index in [2.05, 4.69) is 15.6 Å². The third-order valence-electron chi connectivity index (χ3n) is 3.24. The van der Waals surface area contributed by atoms with Crippen LogP contribution in [0.3, 0.4) is 0 Å². The summed E-state index contributed by atoms with van der Waals surface area (Å²) in [6.07, 6.45) is 0.927. The highest BCUT2D eigenvalue weighted by atomic mass is 35.5. The summed E-state index contributed by atoms with van der Waals surface area (Å²) in [5.41, 5.74) is 0.777. The fraction of sp³-hybridized carbons (Fsp3) is 0.286. The van der Waals surface area contributed by atoms with Gasteiger partial charge in [0.1, 0.15) is 16.5 Å². The Labute approximate surface area is 144 Å². The van der Waals surface area contributed by atoms with E-state index < -0.39 is 0 Å². The third-order valence-corrected chi connectivity index (χ3v) is 4.11. The van der Waals surface area contributed by atoms with Crippen molar-refractivity contribution in [2.24, 2.45) is 0 Å². The first-order chi connectivity index (χ1) is 9.74. The van der Waals surface area contributed by atoms with Crippen LogP contribution in [-0.4, -0.2) is 30.0 Å². The van der Waals surface area contributed by atoms with Crippen LogP contribution in [0.25, 0.3) is 10.6 Å². The summed E-state index contributed by atoms with van der Waals surface area (Å²) in [5, 5.41) is 8.30. The van der Waals surface area contributed by atoms with Gasteiger partial charge in [0.05, 0.1) is 0 Å². The molecule has 2 heterocycles. The number of hydrogen-bond donors (Lipinski definition) is 2. The Bertz CT molecular complexity index is 632. The molecule has 1 unspecified atom stereocenters. The van der Waals surface area contributed by atoms with Gasteiger partial charge in [0.25, 0.3) is 5.91 Å². The van der Waals surface area contributed by atoms with Crippen LogP contribution in [0.1, 0.15) is 16.9 Å². The Balaban J connectivity index is 0.00000121. The van der Waals surface area contributed by atoms with E-state index in [-0.39, 0.29) is 42.6 Å². The fourth-order valence-electron chi connectivity index (χ4n) is 2.17. The predicted molar refractivity (Wildman–Crippen MR) is 90.7 cm³/mol. The molecule has 1 aliphatic rings.